The number of halogens is 8. The Hall–Kier alpha value is -8.48. The van der Waals surface area contributed by atoms with Crippen molar-refractivity contribution in [3.63, 3.8) is 0 Å². The lowest BCUT2D eigenvalue weighted by Crippen LogP contribution is -2.39. The zero-order valence-electron chi connectivity index (χ0n) is 50.6. The summed E-state index contributed by atoms with van der Waals surface area (Å²) < 4.78 is 109. The van der Waals surface area contributed by atoms with Crippen molar-refractivity contribution >= 4 is 59.1 Å². The predicted octanol–water partition coefficient (Wildman–Crippen LogP) is 15.2. The van der Waals surface area contributed by atoms with Gasteiger partial charge in [-0.1, -0.05) is 57.9 Å². The van der Waals surface area contributed by atoms with Crippen LogP contribution in [-0.2, 0) is 9.59 Å². The van der Waals surface area contributed by atoms with Crippen LogP contribution in [0.5, 0.6) is 0 Å². The van der Waals surface area contributed by atoms with Crippen LogP contribution in [0.25, 0.3) is 24.3 Å². The van der Waals surface area contributed by atoms with E-state index in [1.807, 2.05) is 12.1 Å². The molecule has 0 unspecified atom stereocenters. The zero-order chi connectivity index (χ0) is 64.0. The molecule has 1 aliphatic heterocycles. The smallest absolute Gasteiger partial charge is 0.251 e. The Bertz CT molecular complexity index is 3390. The Labute approximate surface area is 515 Å². The highest BCUT2D eigenvalue weighted by atomic mass is 19.2. The summed E-state index contributed by atoms with van der Waals surface area (Å²) in [6, 6.07) is 26.1. The third-order valence-corrected chi connectivity index (χ3v) is 15.5. The second-order valence-electron chi connectivity index (χ2n) is 22.2. The van der Waals surface area contributed by atoms with Crippen LogP contribution < -0.4 is 21.3 Å². The minimum absolute atomic E-state index is 0.144. The number of benzene rings is 6. The molecular formula is C71H76F8N6O4. The van der Waals surface area contributed by atoms with E-state index in [4.69, 9.17) is 0 Å². The van der Waals surface area contributed by atoms with E-state index in [0.717, 1.165) is 98.9 Å². The number of nitrogens with one attached hydrogen (secondary N) is 4. The average molecular weight is 1230 g/mol. The number of unbranched alkanes of at least 4 members (excludes halogenated alkanes) is 2. The molecule has 10 nitrogen and oxygen atoms in total. The van der Waals surface area contributed by atoms with Gasteiger partial charge in [0.2, 0.25) is 0 Å². The highest BCUT2D eigenvalue weighted by Crippen LogP contribution is 2.32. The first kappa shape index (κ1) is 68.0. The number of nitrogens with zero attached hydrogens (tertiary/aromatic N) is 2. The standard InChI is InChI=1S/C37H41F4N3O2.C28H22F4N2O2.C6H13N/c1-3-5-16-44(17-6-4-2)18-15-42-30-11-9-27(10-12-30)37(46)43-31-23-28(19-25-7-13-32(38)34(40)21-25)36(45)29(24-31)20-26-8-14-33(39)35(41)22-26;1-33-21-6-4-18(5-7-21)28(36)34-22-14-19(10-16-2-8-23(29)25(31)12-16)27(35)20(15-22)11-17-3-9-24(30)26(32)13-17;1-2-7-5-3-4-6-7/h7-14,19-22,31,42H,3-6,15-18,23-24H2,1-2H3,(H,43,46);2-13,22,33H,14-15H2,1H3,(H,34,36);2-6H2,1H3/b28-19+,29-20+;19-10+,20-11+;. The van der Waals surface area contributed by atoms with Crippen molar-refractivity contribution in [3.05, 3.63) is 224 Å². The average Bonchev–Trinajstić information content (AvgIpc) is 3.80. The summed E-state index contributed by atoms with van der Waals surface area (Å²) in [4.78, 5) is 57.7. The van der Waals surface area contributed by atoms with Crippen LogP contribution >= 0.6 is 0 Å². The van der Waals surface area contributed by atoms with Gasteiger partial charge < -0.3 is 31.1 Å². The second kappa shape index (κ2) is 33.8. The Kier molecular flexibility index (Phi) is 25.8. The highest BCUT2D eigenvalue weighted by molar-refractivity contribution is 6.15. The molecule has 3 aliphatic rings. The summed E-state index contributed by atoms with van der Waals surface area (Å²) in [5.41, 5.74) is 4.77. The van der Waals surface area contributed by atoms with Gasteiger partial charge in [-0.25, -0.2) is 35.1 Å². The van der Waals surface area contributed by atoms with Crippen molar-refractivity contribution in [2.24, 2.45) is 0 Å². The molecule has 0 aromatic heterocycles. The number of Topliss-reactive ketones (excluding diaryl/α,β-unsaturated/α-hetero) is 2. The molecule has 0 spiro atoms. The molecule has 0 atom stereocenters. The summed E-state index contributed by atoms with van der Waals surface area (Å²) in [5.74, 6) is -9.71. The van der Waals surface area contributed by atoms with Crippen LogP contribution in [0.2, 0.25) is 0 Å². The van der Waals surface area contributed by atoms with Gasteiger partial charge in [-0.3, -0.25) is 19.2 Å². The number of anilines is 2. The molecule has 1 heterocycles. The van der Waals surface area contributed by atoms with Crippen LogP contribution in [0.1, 0.15) is 128 Å². The number of hydrogen-bond donors (Lipinski definition) is 4. The lowest BCUT2D eigenvalue weighted by atomic mass is 9.83. The van der Waals surface area contributed by atoms with Gasteiger partial charge in [0.05, 0.1) is 0 Å². The SMILES string of the molecule is CCCCN(CCCC)CCNc1ccc(C(=O)NC2C/C(=C\c3ccc(F)c(F)c3)C(=O)/C(=C/c3ccc(F)c(F)c3)C2)cc1.CCN1CCCC1.CNc1ccc(C(=O)NC2C/C(=C\c3ccc(F)c(F)c3)C(=O)/C(=C/c3ccc(F)c(F)c3)C2)cc1. The van der Waals surface area contributed by atoms with Crippen molar-refractivity contribution in [2.75, 3.05) is 63.5 Å². The van der Waals surface area contributed by atoms with Crippen LogP contribution in [0, 0.1) is 46.5 Å². The first-order valence-corrected chi connectivity index (χ1v) is 30.2. The molecule has 6 aromatic carbocycles. The number of carbonyl (C=O) groups excluding carboxylic acids is 4. The molecule has 2 amide bonds. The highest BCUT2D eigenvalue weighted by Gasteiger charge is 2.31. The van der Waals surface area contributed by atoms with E-state index in [1.54, 1.807) is 43.4 Å². The van der Waals surface area contributed by atoms with Gasteiger partial charge in [0.1, 0.15) is 0 Å². The monoisotopic (exact) mass is 1230 g/mol. The molecule has 3 fully saturated rings. The number of amides is 2. The predicted molar refractivity (Wildman–Crippen MR) is 337 cm³/mol. The number of likely N-dealkylation sites (tertiary alicyclic amines) is 1. The van der Waals surface area contributed by atoms with Gasteiger partial charge in [-0.15, -0.1) is 0 Å². The first-order chi connectivity index (χ1) is 42.8. The summed E-state index contributed by atoms with van der Waals surface area (Å²) in [6.07, 6.45) is 13.9. The van der Waals surface area contributed by atoms with E-state index in [2.05, 4.69) is 51.8 Å². The number of rotatable bonds is 20. The molecule has 89 heavy (non-hydrogen) atoms. The molecule has 9 rings (SSSR count). The maximum atomic E-state index is 13.9. The van der Waals surface area contributed by atoms with Crippen molar-refractivity contribution in [1.82, 2.24) is 20.4 Å². The Balaban J connectivity index is 0.000000233. The van der Waals surface area contributed by atoms with Gasteiger partial charge >= 0.3 is 0 Å². The van der Waals surface area contributed by atoms with Gasteiger partial charge in [0, 0.05) is 77.0 Å². The third-order valence-electron chi connectivity index (χ3n) is 15.5. The molecule has 2 aliphatic carbocycles. The minimum atomic E-state index is -1.06. The van der Waals surface area contributed by atoms with E-state index < -0.39 is 58.6 Å². The van der Waals surface area contributed by atoms with Crippen LogP contribution in [0.15, 0.2) is 144 Å². The quantitative estimate of drug-likeness (QED) is 0.0440. The van der Waals surface area contributed by atoms with Gasteiger partial charge in [0.15, 0.2) is 58.1 Å². The van der Waals surface area contributed by atoms with E-state index in [-0.39, 0.29) is 93.6 Å². The third kappa shape index (κ3) is 20.5. The lowest BCUT2D eigenvalue weighted by Gasteiger charge is -2.27. The molecule has 1 saturated heterocycles. The topological polar surface area (TPSA) is 123 Å². The fraction of sp³-hybridized carbons (Fsp3) is 0.324. The fourth-order valence-electron chi connectivity index (χ4n) is 10.5. The summed E-state index contributed by atoms with van der Waals surface area (Å²) in [6.45, 7) is 14.4. The number of hydrogen-bond acceptors (Lipinski definition) is 8. The molecule has 2 saturated carbocycles. The lowest BCUT2D eigenvalue weighted by molar-refractivity contribution is -0.113. The zero-order valence-corrected chi connectivity index (χ0v) is 50.6. The molecule has 6 aromatic rings. The summed E-state index contributed by atoms with van der Waals surface area (Å²) >= 11 is 0. The van der Waals surface area contributed by atoms with Crippen LogP contribution in [0.4, 0.5) is 46.5 Å². The van der Waals surface area contributed by atoms with Crippen molar-refractivity contribution in [1.29, 1.82) is 0 Å². The molecule has 470 valence electrons. The Morgan fingerprint density at radius 1 is 0.472 bits per heavy atom. The number of ketones is 2. The molecule has 4 N–H and O–H groups in total. The van der Waals surface area contributed by atoms with Crippen molar-refractivity contribution in [2.45, 2.75) is 97.1 Å². The van der Waals surface area contributed by atoms with E-state index in [1.165, 1.54) is 93.9 Å². The maximum Gasteiger partial charge on any atom is 0.251 e. The molecule has 0 bridgehead atoms. The maximum absolute atomic E-state index is 13.9. The molecule has 18 heteroatoms. The van der Waals surface area contributed by atoms with E-state index >= 15 is 0 Å². The second-order valence-corrected chi connectivity index (χ2v) is 22.2. The first-order valence-electron chi connectivity index (χ1n) is 30.2. The Morgan fingerprint density at radius 2 is 0.809 bits per heavy atom. The van der Waals surface area contributed by atoms with Crippen LogP contribution in [0.3, 0.4) is 0 Å². The van der Waals surface area contributed by atoms with Gasteiger partial charge in [-0.05, 0) is 228 Å². The Morgan fingerprint density at radius 3 is 1.10 bits per heavy atom. The van der Waals surface area contributed by atoms with Gasteiger partial charge in [-0.2, -0.15) is 0 Å². The summed E-state index contributed by atoms with van der Waals surface area (Å²) in [7, 11) is 1.76. The largest absolute Gasteiger partial charge is 0.388 e. The van der Waals surface area contributed by atoms with E-state index in [0.29, 0.717) is 11.1 Å². The molecule has 0 radical (unpaired) electrons. The van der Waals surface area contributed by atoms with Crippen molar-refractivity contribution < 1.29 is 54.3 Å². The van der Waals surface area contributed by atoms with E-state index in [9.17, 15) is 54.3 Å². The van der Waals surface area contributed by atoms with Crippen LogP contribution in [-0.4, -0.2) is 98.1 Å². The minimum Gasteiger partial charge on any atom is -0.388 e. The van der Waals surface area contributed by atoms with Gasteiger partial charge in [0.25, 0.3) is 11.8 Å². The van der Waals surface area contributed by atoms with Crippen molar-refractivity contribution in [3.8, 4) is 0 Å². The normalized spacial score (nSPS) is 17.8. The molecular weight excluding hydrogens is 1150 g/mol. The number of carbonyl (C=O) groups is 4. The fourth-order valence-corrected chi connectivity index (χ4v) is 10.5. The summed E-state index contributed by atoms with van der Waals surface area (Å²) in [5, 5.41) is 12.3.